The molecular weight excluding hydrogens is 594 g/mol. The fraction of sp³-hybridized carbons (Fsp3) is 0.265. The first-order chi connectivity index (χ1) is 20.2. The van der Waals surface area contributed by atoms with Gasteiger partial charge in [-0.15, -0.1) is 0 Å². The predicted molar refractivity (Wildman–Crippen MR) is 170 cm³/mol. The highest BCUT2D eigenvalue weighted by atomic mass is 79.9. The number of ether oxygens (including phenoxy) is 1. The zero-order valence-corrected chi connectivity index (χ0v) is 25.8. The Kier molecular flexibility index (Phi) is 8.64. The number of amides is 3. The molecule has 0 aliphatic carbocycles. The number of rotatable bonds is 7. The minimum atomic E-state index is -0.955. The number of benzene rings is 4. The molecule has 4 aromatic rings. The lowest BCUT2D eigenvalue weighted by Crippen LogP contribution is -2.53. The smallest absolute Gasteiger partial charge is 0.258 e. The van der Waals surface area contributed by atoms with Crippen LogP contribution < -0.4 is 19.9 Å². The Balaban J connectivity index is 1.65. The average molecular weight is 629 g/mol. The van der Waals surface area contributed by atoms with E-state index in [0.29, 0.717) is 29.1 Å². The summed E-state index contributed by atoms with van der Waals surface area (Å²) in [6.07, 6.45) is 0.630. The van der Waals surface area contributed by atoms with Crippen LogP contribution in [0, 0.1) is 12.8 Å². The Bertz CT molecular complexity index is 1650. The Morgan fingerprint density at radius 2 is 1.74 bits per heavy atom. The summed E-state index contributed by atoms with van der Waals surface area (Å²) in [6, 6.07) is 23.7. The quantitative estimate of drug-likeness (QED) is 0.249. The van der Waals surface area contributed by atoms with Crippen LogP contribution in [0.25, 0.3) is 10.8 Å². The molecule has 4 aromatic carbocycles. The van der Waals surface area contributed by atoms with Gasteiger partial charge in [-0.25, -0.2) is 0 Å². The van der Waals surface area contributed by atoms with Gasteiger partial charge in [0.25, 0.3) is 11.8 Å². The Hall–Kier alpha value is -4.17. The summed E-state index contributed by atoms with van der Waals surface area (Å²) < 4.78 is 6.70. The summed E-state index contributed by atoms with van der Waals surface area (Å²) in [5.41, 5.74) is 3.55. The molecule has 0 unspecified atom stereocenters. The predicted octanol–water partition coefficient (Wildman–Crippen LogP) is 6.64. The second kappa shape index (κ2) is 12.4. The molecule has 8 heteroatoms. The Morgan fingerprint density at radius 3 is 2.43 bits per heavy atom. The molecule has 0 saturated heterocycles. The largest absolute Gasteiger partial charge is 0.496 e. The molecule has 1 heterocycles. The van der Waals surface area contributed by atoms with E-state index in [2.05, 4.69) is 21.2 Å². The molecule has 5 rings (SSSR count). The molecule has 216 valence electrons. The van der Waals surface area contributed by atoms with Crippen molar-refractivity contribution in [3.8, 4) is 5.75 Å². The number of para-hydroxylation sites is 2. The van der Waals surface area contributed by atoms with Crippen molar-refractivity contribution in [2.75, 3.05) is 23.5 Å². The Labute approximate surface area is 254 Å². The van der Waals surface area contributed by atoms with Gasteiger partial charge in [-0.3, -0.25) is 14.4 Å². The summed E-state index contributed by atoms with van der Waals surface area (Å²) in [4.78, 5) is 44.8. The fourth-order valence-corrected chi connectivity index (χ4v) is 5.64. The van der Waals surface area contributed by atoms with Crippen molar-refractivity contribution in [1.29, 1.82) is 0 Å². The number of hydrogen-bond acceptors (Lipinski definition) is 4. The number of carbonyl (C=O) groups is 3. The number of methoxy groups -OCH3 is 1. The van der Waals surface area contributed by atoms with E-state index in [-0.39, 0.29) is 36.7 Å². The molecule has 1 aliphatic heterocycles. The maximum absolute atomic E-state index is 14.4. The highest BCUT2D eigenvalue weighted by Gasteiger charge is 2.38. The molecule has 1 N–H and O–H groups in total. The van der Waals surface area contributed by atoms with Crippen LogP contribution in [0.5, 0.6) is 5.75 Å². The third kappa shape index (κ3) is 5.77. The maximum atomic E-state index is 14.4. The van der Waals surface area contributed by atoms with Crippen LogP contribution in [0.2, 0.25) is 0 Å². The third-order valence-corrected chi connectivity index (χ3v) is 8.39. The average Bonchev–Trinajstić information content (AvgIpc) is 3.11. The van der Waals surface area contributed by atoms with Crippen LogP contribution in [0.4, 0.5) is 11.4 Å². The number of anilines is 2. The highest BCUT2D eigenvalue weighted by Crippen LogP contribution is 2.38. The zero-order chi connectivity index (χ0) is 30.0. The van der Waals surface area contributed by atoms with Crippen molar-refractivity contribution in [1.82, 2.24) is 5.32 Å². The molecule has 7 nitrogen and oxygen atoms in total. The van der Waals surface area contributed by atoms with Gasteiger partial charge in [0.15, 0.2) is 0 Å². The van der Waals surface area contributed by atoms with Crippen LogP contribution >= 0.6 is 15.9 Å². The van der Waals surface area contributed by atoms with Gasteiger partial charge in [-0.1, -0.05) is 71.7 Å². The fourth-order valence-electron chi connectivity index (χ4n) is 5.26. The van der Waals surface area contributed by atoms with E-state index < -0.39 is 6.04 Å². The molecule has 42 heavy (non-hydrogen) atoms. The number of aryl methyl sites for hydroxylation is 1. The van der Waals surface area contributed by atoms with Gasteiger partial charge in [0, 0.05) is 21.5 Å². The standard InChI is InChI=1S/C34H34BrN3O4/c1-5-22(3)32(39)36-28-20-38(33(40)23-12-10-21(2)11-13-23)30-9-7-6-8-29(30)37(34(28)41)19-27-26-16-15-25(35)18-24(26)14-17-31(27)42-4/h6-18,22,28H,5,19-20H2,1-4H3,(H,36,39)/t22-,28+/m1/s1. The van der Waals surface area contributed by atoms with E-state index >= 15 is 0 Å². The number of nitrogens with zero attached hydrogens (tertiary/aromatic N) is 2. The summed E-state index contributed by atoms with van der Waals surface area (Å²) in [5, 5.41) is 4.91. The molecule has 0 radical (unpaired) electrons. The molecule has 2 atom stereocenters. The molecule has 0 fully saturated rings. The first-order valence-corrected chi connectivity index (χ1v) is 14.9. The Morgan fingerprint density at radius 1 is 1.02 bits per heavy atom. The van der Waals surface area contributed by atoms with E-state index in [1.165, 1.54) is 0 Å². The number of fused-ring (bicyclic) bond motifs is 2. The van der Waals surface area contributed by atoms with Crippen molar-refractivity contribution in [3.05, 3.63) is 100 Å². The second-order valence-electron chi connectivity index (χ2n) is 10.7. The van der Waals surface area contributed by atoms with Crippen LogP contribution in [0.1, 0.15) is 41.8 Å². The number of nitrogens with one attached hydrogen (secondary N) is 1. The molecule has 0 saturated carbocycles. The lowest BCUT2D eigenvalue weighted by molar-refractivity contribution is -0.129. The molecule has 1 aliphatic rings. The van der Waals surface area contributed by atoms with Crippen LogP contribution in [0.15, 0.2) is 83.3 Å². The third-order valence-electron chi connectivity index (χ3n) is 7.90. The van der Waals surface area contributed by atoms with E-state index in [1.54, 1.807) is 29.0 Å². The number of hydrogen-bond donors (Lipinski definition) is 1. The van der Waals surface area contributed by atoms with E-state index in [0.717, 1.165) is 26.4 Å². The van der Waals surface area contributed by atoms with Gasteiger partial charge < -0.3 is 19.9 Å². The van der Waals surface area contributed by atoms with E-state index in [4.69, 9.17) is 4.74 Å². The minimum Gasteiger partial charge on any atom is -0.496 e. The highest BCUT2D eigenvalue weighted by molar-refractivity contribution is 9.10. The zero-order valence-electron chi connectivity index (χ0n) is 24.2. The van der Waals surface area contributed by atoms with Crippen molar-refractivity contribution < 1.29 is 19.1 Å². The summed E-state index contributed by atoms with van der Waals surface area (Å²) in [5.74, 6) is -0.402. The second-order valence-corrected chi connectivity index (χ2v) is 11.6. The molecule has 0 aromatic heterocycles. The first-order valence-electron chi connectivity index (χ1n) is 14.1. The van der Waals surface area contributed by atoms with Gasteiger partial charge in [0.05, 0.1) is 31.6 Å². The lowest BCUT2D eigenvalue weighted by Gasteiger charge is -2.27. The molecule has 0 bridgehead atoms. The van der Waals surface area contributed by atoms with Crippen molar-refractivity contribution in [3.63, 3.8) is 0 Å². The maximum Gasteiger partial charge on any atom is 0.258 e. The van der Waals surface area contributed by atoms with Gasteiger partial charge >= 0.3 is 0 Å². The lowest BCUT2D eigenvalue weighted by atomic mass is 10.0. The summed E-state index contributed by atoms with van der Waals surface area (Å²) in [7, 11) is 1.61. The van der Waals surface area contributed by atoms with Crippen LogP contribution in [0.3, 0.4) is 0 Å². The van der Waals surface area contributed by atoms with Crippen molar-refractivity contribution in [2.24, 2.45) is 5.92 Å². The topological polar surface area (TPSA) is 79.0 Å². The van der Waals surface area contributed by atoms with Gasteiger partial charge in [0.2, 0.25) is 5.91 Å². The normalized spacial score (nSPS) is 15.6. The van der Waals surface area contributed by atoms with Gasteiger partial charge in [-0.2, -0.15) is 0 Å². The molecule has 0 spiro atoms. The van der Waals surface area contributed by atoms with Gasteiger partial charge in [-0.05, 0) is 66.6 Å². The molecule has 3 amide bonds. The monoisotopic (exact) mass is 627 g/mol. The number of carbonyl (C=O) groups excluding carboxylic acids is 3. The van der Waals surface area contributed by atoms with Gasteiger partial charge in [0.1, 0.15) is 11.8 Å². The van der Waals surface area contributed by atoms with Crippen molar-refractivity contribution in [2.45, 2.75) is 39.8 Å². The molecular formula is C34H34BrN3O4. The van der Waals surface area contributed by atoms with Crippen LogP contribution in [-0.2, 0) is 16.1 Å². The van der Waals surface area contributed by atoms with Crippen molar-refractivity contribution >= 4 is 55.8 Å². The van der Waals surface area contributed by atoms with Crippen LogP contribution in [-0.4, -0.2) is 37.4 Å². The minimum absolute atomic E-state index is 0.000843. The summed E-state index contributed by atoms with van der Waals surface area (Å²) >= 11 is 3.55. The first kappa shape index (κ1) is 29.3. The van der Waals surface area contributed by atoms with E-state index in [9.17, 15) is 14.4 Å². The van der Waals surface area contributed by atoms with E-state index in [1.807, 2.05) is 87.5 Å². The summed E-state index contributed by atoms with van der Waals surface area (Å²) in [6.45, 7) is 5.91. The SMILES string of the molecule is CC[C@@H](C)C(=O)N[C@H]1CN(C(=O)c2ccc(C)cc2)c2ccccc2N(Cc2c(OC)ccc3cc(Br)ccc23)C1=O. The number of halogens is 1.